The molecule has 0 aliphatic rings. The van der Waals surface area contributed by atoms with Gasteiger partial charge in [-0.25, -0.2) is 9.78 Å². The number of tetrazole rings is 1. The van der Waals surface area contributed by atoms with E-state index in [-0.39, 0.29) is 12.5 Å². The first-order valence-electron chi connectivity index (χ1n) is 10.1. The monoisotopic (exact) mass is 512 g/mol. The summed E-state index contributed by atoms with van der Waals surface area (Å²) in [6.45, 7) is 0.125. The quantitative estimate of drug-likeness (QED) is 0.319. The van der Waals surface area contributed by atoms with E-state index in [1.165, 1.54) is 24.2 Å². The summed E-state index contributed by atoms with van der Waals surface area (Å²) in [5.74, 6) is 0.126. The van der Waals surface area contributed by atoms with Crippen molar-refractivity contribution in [2.45, 2.75) is 6.54 Å². The van der Waals surface area contributed by atoms with E-state index >= 15 is 0 Å². The number of nitrogens with zero attached hydrogens (tertiary/aromatic N) is 5. The lowest BCUT2D eigenvalue weighted by Crippen LogP contribution is -2.21. The lowest BCUT2D eigenvalue weighted by atomic mass is 10.1. The van der Waals surface area contributed by atoms with Crippen LogP contribution in [0, 0.1) is 0 Å². The summed E-state index contributed by atoms with van der Waals surface area (Å²) < 4.78 is 6.04. The molecule has 0 unspecified atom stereocenters. The highest BCUT2D eigenvalue weighted by Crippen LogP contribution is 2.27. The number of anilines is 1. The summed E-state index contributed by atoms with van der Waals surface area (Å²) in [7, 11) is 1.29. The summed E-state index contributed by atoms with van der Waals surface area (Å²) in [5.41, 5.74) is 3.14. The summed E-state index contributed by atoms with van der Waals surface area (Å²) >= 11 is 12.4. The Hall–Kier alpha value is -4.22. The van der Waals surface area contributed by atoms with Crippen molar-refractivity contribution in [2.75, 3.05) is 12.4 Å². The summed E-state index contributed by atoms with van der Waals surface area (Å²) in [6, 6.07) is 12.1. The molecule has 0 radical (unpaired) electrons. The summed E-state index contributed by atoms with van der Waals surface area (Å²) in [5, 5.41) is 17.3. The number of halogens is 2. The molecule has 4 aromatic rings. The van der Waals surface area contributed by atoms with Gasteiger partial charge in [0.25, 0.3) is 0 Å². The van der Waals surface area contributed by atoms with Crippen LogP contribution in [0.25, 0.3) is 23.0 Å². The van der Waals surface area contributed by atoms with E-state index in [4.69, 9.17) is 23.2 Å². The van der Waals surface area contributed by atoms with Crippen LogP contribution in [0.3, 0.4) is 0 Å². The van der Waals surface area contributed by atoms with Crippen LogP contribution < -0.4 is 10.6 Å². The number of aromatic nitrogens is 6. The Kier molecular flexibility index (Phi) is 7.38. The van der Waals surface area contributed by atoms with Gasteiger partial charge in [-0.15, -0.1) is 5.10 Å². The minimum absolute atomic E-state index is 0.125. The molecular formula is C22H18Cl2N8O3. The second-order valence-electron chi connectivity index (χ2n) is 7.05. The zero-order valence-corrected chi connectivity index (χ0v) is 19.7. The lowest BCUT2D eigenvalue weighted by Gasteiger charge is -2.05. The highest BCUT2D eigenvalue weighted by molar-refractivity contribution is 6.32. The zero-order valence-electron chi connectivity index (χ0n) is 18.2. The highest BCUT2D eigenvalue weighted by atomic mass is 35.5. The molecule has 11 nitrogen and oxygen atoms in total. The minimum atomic E-state index is -0.565. The van der Waals surface area contributed by atoms with Crippen molar-refractivity contribution >= 4 is 47.0 Å². The Bertz CT molecular complexity index is 1370. The summed E-state index contributed by atoms with van der Waals surface area (Å²) in [4.78, 5) is 31.1. The molecule has 0 bridgehead atoms. The van der Waals surface area contributed by atoms with Gasteiger partial charge in [-0.2, -0.15) is 4.68 Å². The van der Waals surface area contributed by atoms with Gasteiger partial charge >= 0.3 is 6.09 Å². The van der Waals surface area contributed by atoms with Gasteiger partial charge in [0.2, 0.25) is 5.91 Å². The number of benzene rings is 2. The second kappa shape index (κ2) is 10.8. The number of amides is 2. The molecule has 0 aliphatic carbocycles. The van der Waals surface area contributed by atoms with Crippen LogP contribution in [-0.2, 0) is 16.1 Å². The van der Waals surface area contributed by atoms with Crippen LogP contribution in [0.2, 0.25) is 10.2 Å². The second-order valence-corrected chi connectivity index (χ2v) is 7.86. The third-order valence-corrected chi connectivity index (χ3v) is 5.24. The predicted octanol–water partition coefficient (Wildman–Crippen LogP) is 3.87. The number of aromatic amines is 1. The van der Waals surface area contributed by atoms with Gasteiger partial charge in [-0.3, -0.25) is 10.1 Å². The van der Waals surface area contributed by atoms with E-state index in [0.717, 1.165) is 5.56 Å². The SMILES string of the molecule is COC(=O)Nc1ccc(-c2nc(CNC(=O)C=Cc3cc(Cl)ccc3-n3cnnn3)[nH]c2Cl)cc1. The van der Waals surface area contributed by atoms with Crippen LogP contribution in [0.4, 0.5) is 10.5 Å². The predicted molar refractivity (Wildman–Crippen MR) is 130 cm³/mol. The van der Waals surface area contributed by atoms with Crippen LogP contribution >= 0.6 is 23.2 Å². The molecule has 0 aliphatic heterocycles. The fourth-order valence-corrected chi connectivity index (χ4v) is 3.53. The van der Waals surface area contributed by atoms with E-state index in [9.17, 15) is 9.59 Å². The lowest BCUT2D eigenvalue weighted by molar-refractivity contribution is -0.116. The first-order chi connectivity index (χ1) is 16.9. The Labute approximate surface area is 209 Å². The van der Waals surface area contributed by atoms with Gasteiger partial charge < -0.3 is 15.0 Å². The Morgan fingerprint density at radius 3 is 2.69 bits per heavy atom. The number of hydrogen-bond acceptors (Lipinski definition) is 7. The minimum Gasteiger partial charge on any atom is -0.453 e. The van der Waals surface area contributed by atoms with E-state index in [2.05, 4.69) is 40.9 Å². The van der Waals surface area contributed by atoms with Crippen LogP contribution in [0.15, 0.2) is 54.9 Å². The van der Waals surface area contributed by atoms with Gasteiger partial charge in [-0.05, 0) is 46.8 Å². The van der Waals surface area contributed by atoms with E-state index < -0.39 is 6.09 Å². The number of H-pyrrole nitrogens is 1. The number of rotatable bonds is 7. The number of hydrogen-bond donors (Lipinski definition) is 3. The molecule has 0 atom stereocenters. The first kappa shape index (κ1) is 23.9. The number of carbonyl (C=O) groups excluding carboxylic acids is 2. The maximum Gasteiger partial charge on any atom is 0.411 e. The van der Waals surface area contributed by atoms with E-state index in [0.29, 0.717) is 38.6 Å². The van der Waals surface area contributed by atoms with Crippen LogP contribution in [0.1, 0.15) is 11.4 Å². The molecule has 13 heteroatoms. The number of imidazole rings is 1. The molecule has 35 heavy (non-hydrogen) atoms. The molecule has 0 saturated heterocycles. The smallest absolute Gasteiger partial charge is 0.411 e. The molecule has 3 N–H and O–H groups in total. The van der Waals surface area contributed by atoms with Crippen molar-refractivity contribution in [1.29, 1.82) is 0 Å². The fourth-order valence-electron chi connectivity index (χ4n) is 3.09. The van der Waals surface area contributed by atoms with Crippen molar-refractivity contribution in [3.63, 3.8) is 0 Å². The third kappa shape index (κ3) is 6.02. The highest BCUT2D eigenvalue weighted by Gasteiger charge is 2.12. The maximum atomic E-state index is 12.4. The number of methoxy groups -OCH3 is 1. The van der Waals surface area contributed by atoms with Crippen molar-refractivity contribution in [3.05, 3.63) is 76.4 Å². The zero-order chi connectivity index (χ0) is 24.8. The Morgan fingerprint density at radius 1 is 1.17 bits per heavy atom. The van der Waals surface area contributed by atoms with Gasteiger partial charge in [0.15, 0.2) is 0 Å². The molecule has 2 heterocycles. The van der Waals surface area contributed by atoms with Gasteiger partial charge in [0.1, 0.15) is 23.0 Å². The van der Waals surface area contributed by atoms with Gasteiger partial charge in [-0.1, -0.05) is 35.3 Å². The topological polar surface area (TPSA) is 140 Å². The van der Waals surface area contributed by atoms with Crippen molar-refractivity contribution < 1.29 is 14.3 Å². The van der Waals surface area contributed by atoms with Gasteiger partial charge in [0.05, 0.1) is 19.3 Å². The molecular weight excluding hydrogens is 495 g/mol. The average Bonchev–Trinajstić information content (AvgIpc) is 3.52. The molecule has 2 aromatic carbocycles. The standard InChI is InChI=1S/C22H18Cl2N8O3/c1-35-22(34)27-16-6-2-13(3-7-16)20-21(24)29-18(28-20)11-25-19(33)9-4-14-10-15(23)5-8-17(14)32-12-26-30-31-32/h2-10,12H,11H2,1H3,(H,25,33)(H,27,34)(H,28,29). The molecule has 2 amide bonds. The van der Waals surface area contributed by atoms with Crippen molar-refractivity contribution in [1.82, 2.24) is 35.5 Å². The first-order valence-corrected chi connectivity index (χ1v) is 10.9. The number of ether oxygens (including phenoxy) is 1. The Morgan fingerprint density at radius 2 is 1.97 bits per heavy atom. The molecule has 0 saturated carbocycles. The fraction of sp³-hybridized carbons (Fsp3) is 0.0909. The van der Waals surface area contributed by atoms with Gasteiger partial charge in [0, 0.05) is 27.9 Å². The maximum absolute atomic E-state index is 12.4. The normalized spacial score (nSPS) is 10.9. The molecule has 4 rings (SSSR count). The summed E-state index contributed by atoms with van der Waals surface area (Å²) in [6.07, 6.45) is 3.87. The number of nitrogens with one attached hydrogen (secondary N) is 3. The largest absolute Gasteiger partial charge is 0.453 e. The van der Waals surface area contributed by atoms with Crippen molar-refractivity contribution in [3.8, 4) is 16.9 Å². The van der Waals surface area contributed by atoms with Crippen molar-refractivity contribution in [2.24, 2.45) is 0 Å². The van der Waals surface area contributed by atoms with Crippen LogP contribution in [0.5, 0.6) is 0 Å². The van der Waals surface area contributed by atoms with E-state index in [1.54, 1.807) is 48.5 Å². The molecule has 178 valence electrons. The average molecular weight is 513 g/mol. The van der Waals surface area contributed by atoms with E-state index in [1.807, 2.05) is 0 Å². The molecule has 0 fully saturated rings. The molecule has 0 spiro atoms. The Balaban J connectivity index is 1.40. The third-order valence-electron chi connectivity index (χ3n) is 4.73. The van der Waals surface area contributed by atoms with Crippen LogP contribution in [-0.4, -0.2) is 49.3 Å². The molecule has 2 aromatic heterocycles. The number of carbonyl (C=O) groups is 2.